The number of carbonyl (C=O) groups is 1. The van der Waals surface area contributed by atoms with Crippen LogP contribution in [0.25, 0.3) is 10.8 Å². The molecule has 5 nitrogen and oxygen atoms in total. The van der Waals surface area contributed by atoms with Gasteiger partial charge >= 0.3 is 6.03 Å². The average molecular weight is 326 g/mol. The summed E-state index contributed by atoms with van der Waals surface area (Å²) in [6.07, 6.45) is 2.42. The smallest absolute Gasteiger partial charge is 0.321 e. The highest BCUT2D eigenvalue weighted by atomic mass is 16.7. The Labute approximate surface area is 141 Å². The second-order valence-corrected chi connectivity index (χ2v) is 6.44. The van der Waals surface area contributed by atoms with E-state index in [2.05, 4.69) is 11.4 Å². The molecule has 2 aliphatic rings. The highest BCUT2D eigenvalue weighted by Gasteiger charge is 2.39. The van der Waals surface area contributed by atoms with Crippen molar-refractivity contribution in [1.29, 1.82) is 0 Å². The minimum absolute atomic E-state index is 0.0593. The summed E-state index contributed by atoms with van der Waals surface area (Å²) in [6, 6.07) is 14.0. The van der Waals surface area contributed by atoms with Gasteiger partial charge in [0.05, 0.1) is 13.2 Å². The lowest BCUT2D eigenvalue weighted by atomic mass is 10.0. The van der Waals surface area contributed by atoms with Crippen molar-refractivity contribution in [2.24, 2.45) is 0 Å². The topological polar surface area (TPSA) is 50.8 Å². The van der Waals surface area contributed by atoms with Crippen molar-refractivity contribution < 1.29 is 14.3 Å². The molecule has 0 atom stereocenters. The first kappa shape index (κ1) is 15.4. The molecular formula is C19H22N2O3. The summed E-state index contributed by atoms with van der Waals surface area (Å²) in [6.45, 7) is 2.81. The minimum atomic E-state index is -0.460. The standard InChI is InChI=1S/C19H22N2O3/c22-18(20-17-7-6-15-4-1-2-5-16(15)14-17)21-10-8-19(9-11-21)23-12-3-13-24-19/h1-2,4-7,14H,3,8-13H2,(H,20,22). The van der Waals surface area contributed by atoms with E-state index in [-0.39, 0.29) is 6.03 Å². The van der Waals surface area contributed by atoms with Crippen LogP contribution in [0.4, 0.5) is 10.5 Å². The van der Waals surface area contributed by atoms with Gasteiger partial charge in [0.15, 0.2) is 5.79 Å². The first-order valence-electron chi connectivity index (χ1n) is 8.57. The molecule has 4 rings (SSSR count). The van der Waals surface area contributed by atoms with Gasteiger partial charge in [0.1, 0.15) is 0 Å². The SMILES string of the molecule is O=C(Nc1ccc2ccccc2c1)N1CCC2(CC1)OCCCO2. The van der Waals surface area contributed by atoms with Gasteiger partial charge in [0, 0.05) is 31.6 Å². The maximum atomic E-state index is 12.5. The van der Waals surface area contributed by atoms with E-state index in [1.54, 1.807) is 0 Å². The van der Waals surface area contributed by atoms with Crippen LogP contribution in [0.3, 0.4) is 0 Å². The summed E-state index contributed by atoms with van der Waals surface area (Å²) in [5, 5.41) is 5.29. The lowest BCUT2D eigenvalue weighted by Crippen LogP contribution is -2.52. The number of nitrogens with zero attached hydrogens (tertiary/aromatic N) is 1. The lowest BCUT2D eigenvalue weighted by molar-refractivity contribution is -0.281. The Morgan fingerprint density at radius 3 is 2.46 bits per heavy atom. The van der Waals surface area contributed by atoms with Crippen LogP contribution in [0.1, 0.15) is 19.3 Å². The summed E-state index contributed by atoms with van der Waals surface area (Å²) in [5.74, 6) is -0.460. The van der Waals surface area contributed by atoms with Crippen molar-refractivity contribution in [2.45, 2.75) is 25.0 Å². The van der Waals surface area contributed by atoms with E-state index in [1.807, 2.05) is 41.3 Å². The van der Waals surface area contributed by atoms with E-state index >= 15 is 0 Å². The van der Waals surface area contributed by atoms with Crippen LogP contribution < -0.4 is 5.32 Å². The fourth-order valence-corrected chi connectivity index (χ4v) is 3.43. The van der Waals surface area contributed by atoms with E-state index in [1.165, 1.54) is 5.39 Å². The first-order chi connectivity index (χ1) is 11.7. The lowest BCUT2D eigenvalue weighted by Gasteiger charge is -2.43. The predicted molar refractivity (Wildman–Crippen MR) is 93.0 cm³/mol. The van der Waals surface area contributed by atoms with E-state index in [0.717, 1.165) is 43.5 Å². The van der Waals surface area contributed by atoms with Crippen molar-refractivity contribution in [3.05, 3.63) is 42.5 Å². The van der Waals surface area contributed by atoms with Gasteiger partial charge in [0.25, 0.3) is 0 Å². The van der Waals surface area contributed by atoms with E-state index in [9.17, 15) is 4.79 Å². The molecule has 2 aromatic rings. The number of hydrogen-bond donors (Lipinski definition) is 1. The monoisotopic (exact) mass is 326 g/mol. The molecule has 0 unspecified atom stereocenters. The molecule has 0 saturated carbocycles. The van der Waals surface area contributed by atoms with Gasteiger partial charge in [-0.2, -0.15) is 0 Å². The molecule has 2 aliphatic heterocycles. The number of fused-ring (bicyclic) bond motifs is 1. The van der Waals surface area contributed by atoms with Crippen molar-refractivity contribution in [3.63, 3.8) is 0 Å². The van der Waals surface area contributed by atoms with Gasteiger partial charge in [-0.25, -0.2) is 4.79 Å². The third-order valence-corrected chi connectivity index (χ3v) is 4.83. The Bertz CT molecular complexity index is 730. The van der Waals surface area contributed by atoms with Gasteiger partial charge in [-0.15, -0.1) is 0 Å². The molecular weight excluding hydrogens is 304 g/mol. The maximum Gasteiger partial charge on any atom is 0.321 e. The average Bonchev–Trinajstić information content (AvgIpc) is 2.63. The Balaban J connectivity index is 1.39. The molecule has 5 heteroatoms. The summed E-state index contributed by atoms with van der Waals surface area (Å²) >= 11 is 0. The fraction of sp³-hybridized carbons (Fsp3) is 0.421. The zero-order chi connectivity index (χ0) is 16.4. The van der Waals surface area contributed by atoms with Crippen LogP contribution in [0.15, 0.2) is 42.5 Å². The Morgan fingerprint density at radius 2 is 1.71 bits per heavy atom. The molecule has 2 saturated heterocycles. The van der Waals surface area contributed by atoms with Gasteiger partial charge < -0.3 is 19.7 Å². The molecule has 0 bridgehead atoms. The Kier molecular flexibility index (Phi) is 4.12. The maximum absolute atomic E-state index is 12.5. The van der Waals surface area contributed by atoms with Crippen LogP contribution in [0.2, 0.25) is 0 Å². The highest BCUT2D eigenvalue weighted by Crippen LogP contribution is 2.31. The van der Waals surface area contributed by atoms with Gasteiger partial charge in [-0.3, -0.25) is 0 Å². The molecule has 2 amide bonds. The molecule has 2 fully saturated rings. The number of rotatable bonds is 1. The number of benzene rings is 2. The quantitative estimate of drug-likeness (QED) is 0.871. The summed E-state index contributed by atoms with van der Waals surface area (Å²) < 4.78 is 11.6. The number of carbonyl (C=O) groups excluding carboxylic acids is 1. The molecule has 2 heterocycles. The number of anilines is 1. The highest BCUT2D eigenvalue weighted by molar-refractivity contribution is 5.93. The van der Waals surface area contributed by atoms with E-state index in [0.29, 0.717) is 13.1 Å². The molecule has 0 aromatic heterocycles. The van der Waals surface area contributed by atoms with Crippen molar-refractivity contribution in [2.75, 3.05) is 31.6 Å². The predicted octanol–water partition coefficient (Wildman–Crippen LogP) is 3.60. The van der Waals surface area contributed by atoms with Crippen LogP contribution in [-0.2, 0) is 9.47 Å². The zero-order valence-corrected chi connectivity index (χ0v) is 13.7. The van der Waals surface area contributed by atoms with Crippen molar-refractivity contribution in [1.82, 2.24) is 4.90 Å². The van der Waals surface area contributed by atoms with Gasteiger partial charge in [-0.05, 0) is 29.3 Å². The molecule has 0 aliphatic carbocycles. The molecule has 2 aromatic carbocycles. The number of amides is 2. The van der Waals surface area contributed by atoms with E-state index < -0.39 is 5.79 Å². The normalized spacial score (nSPS) is 20.2. The third-order valence-electron chi connectivity index (χ3n) is 4.83. The molecule has 24 heavy (non-hydrogen) atoms. The second kappa shape index (κ2) is 6.42. The van der Waals surface area contributed by atoms with Crippen LogP contribution in [0, 0.1) is 0 Å². The summed E-state index contributed by atoms with van der Waals surface area (Å²) in [4.78, 5) is 14.3. The van der Waals surface area contributed by atoms with Gasteiger partial charge in [-0.1, -0.05) is 30.3 Å². The van der Waals surface area contributed by atoms with Crippen molar-refractivity contribution >= 4 is 22.5 Å². The van der Waals surface area contributed by atoms with Crippen molar-refractivity contribution in [3.8, 4) is 0 Å². The number of likely N-dealkylation sites (tertiary alicyclic amines) is 1. The number of piperidine rings is 1. The molecule has 0 radical (unpaired) electrons. The largest absolute Gasteiger partial charge is 0.350 e. The molecule has 126 valence electrons. The van der Waals surface area contributed by atoms with Crippen LogP contribution in [-0.4, -0.2) is 43.0 Å². The molecule has 1 spiro atoms. The minimum Gasteiger partial charge on any atom is -0.350 e. The fourth-order valence-electron chi connectivity index (χ4n) is 3.43. The summed E-state index contributed by atoms with van der Waals surface area (Å²) in [5.41, 5.74) is 0.823. The number of ether oxygens (including phenoxy) is 2. The zero-order valence-electron chi connectivity index (χ0n) is 13.7. The first-order valence-corrected chi connectivity index (χ1v) is 8.57. The number of hydrogen-bond acceptors (Lipinski definition) is 3. The van der Waals surface area contributed by atoms with E-state index in [4.69, 9.17) is 9.47 Å². The van der Waals surface area contributed by atoms with Crippen LogP contribution >= 0.6 is 0 Å². The summed E-state index contributed by atoms with van der Waals surface area (Å²) in [7, 11) is 0. The Hall–Kier alpha value is -2.11. The third kappa shape index (κ3) is 3.09. The Morgan fingerprint density at radius 1 is 1.00 bits per heavy atom. The number of urea groups is 1. The second-order valence-electron chi connectivity index (χ2n) is 6.44. The number of nitrogens with one attached hydrogen (secondary N) is 1. The van der Waals surface area contributed by atoms with Crippen LogP contribution in [0.5, 0.6) is 0 Å². The molecule has 1 N–H and O–H groups in total. The van der Waals surface area contributed by atoms with Gasteiger partial charge in [0.2, 0.25) is 0 Å².